The maximum atomic E-state index is 13.7. The topological polar surface area (TPSA) is 88.2 Å². The zero-order valence-electron chi connectivity index (χ0n) is 24.9. The number of pyridine rings is 1. The largest absolute Gasteiger partial charge is 0.487 e. The quantitative estimate of drug-likeness (QED) is 0.145. The number of amides is 1. The highest BCUT2D eigenvalue weighted by atomic mass is 35.5. The van der Waals surface area contributed by atoms with Crippen LogP contribution in [0.1, 0.15) is 51.4 Å². The molecule has 1 fully saturated rings. The van der Waals surface area contributed by atoms with E-state index in [1.54, 1.807) is 49.5 Å². The molecule has 0 radical (unpaired) electrons. The molecule has 0 spiro atoms. The number of halogens is 2. The minimum absolute atomic E-state index is 0.0791. The van der Waals surface area contributed by atoms with Crippen molar-refractivity contribution < 1.29 is 14.3 Å². The van der Waals surface area contributed by atoms with Gasteiger partial charge in [0.2, 0.25) is 11.7 Å². The summed E-state index contributed by atoms with van der Waals surface area (Å²) in [6.45, 7) is 2.69. The third-order valence-corrected chi connectivity index (χ3v) is 8.92. The number of para-hydroxylation sites is 1. The maximum Gasteiger partial charge on any atom is 0.232 e. The molecule has 0 bridgehead atoms. The van der Waals surface area contributed by atoms with Crippen molar-refractivity contribution in [1.29, 1.82) is 5.26 Å². The molecule has 5 aromatic rings. The number of benzene rings is 3. The molecule has 2 heterocycles. The lowest BCUT2D eigenvalue weighted by molar-refractivity contribution is -0.117. The number of ether oxygens (including phenoxy) is 1. The number of hydrogen-bond acceptors (Lipinski definition) is 5. The van der Waals surface area contributed by atoms with Crippen LogP contribution in [-0.2, 0) is 24.4 Å². The van der Waals surface area contributed by atoms with Gasteiger partial charge in [-0.2, -0.15) is 5.26 Å². The van der Waals surface area contributed by atoms with E-state index in [0.717, 1.165) is 35.1 Å². The van der Waals surface area contributed by atoms with Crippen molar-refractivity contribution in [1.82, 2.24) is 9.55 Å². The smallest absolute Gasteiger partial charge is 0.232 e. The zero-order valence-corrected chi connectivity index (χ0v) is 26.4. The van der Waals surface area contributed by atoms with E-state index in [2.05, 4.69) is 11.1 Å². The molecular weight excluding hydrogens is 607 g/mol. The number of aromatic nitrogens is 2. The lowest BCUT2D eigenvalue weighted by atomic mass is 10.1. The molecule has 1 saturated carbocycles. The van der Waals surface area contributed by atoms with Gasteiger partial charge in [0.1, 0.15) is 17.9 Å². The van der Waals surface area contributed by atoms with Gasteiger partial charge in [-0.25, -0.2) is 4.98 Å². The molecule has 1 aliphatic carbocycles. The second kappa shape index (κ2) is 12.8. The van der Waals surface area contributed by atoms with E-state index in [-0.39, 0.29) is 24.7 Å². The van der Waals surface area contributed by atoms with E-state index in [4.69, 9.17) is 33.2 Å². The Balaban J connectivity index is 1.22. The van der Waals surface area contributed by atoms with Crippen LogP contribution in [0.15, 0.2) is 78.9 Å². The van der Waals surface area contributed by atoms with Crippen LogP contribution in [0.5, 0.6) is 5.75 Å². The highest BCUT2D eigenvalue weighted by Crippen LogP contribution is 2.36. The molecule has 1 aliphatic rings. The van der Waals surface area contributed by atoms with E-state index in [1.165, 1.54) is 4.90 Å². The maximum absolute atomic E-state index is 13.7. The third kappa shape index (κ3) is 6.44. The van der Waals surface area contributed by atoms with Crippen LogP contribution in [0.3, 0.4) is 0 Å². The molecule has 0 aliphatic heterocycles. The Hall–Kier alpha value is -4.64. The lowest BCUT2D eigenvalue weighted by Crippen LogP contribution is -2.29. The molecule has 226 valence electrons. The third-order valence-electron chi connectivity index (χ3n) is 8.15. The van der Waals surface area contributed by atoms with Crippen molar-refractivity contribution in [2.75, 3.05) is 11.9 Å². The second-order valence-corrected chi connectivity index (χ2v) is 12.1. The molecule has 2 aromatic heterocycles. The Bertz CT molecular complexity index is 1970. The van der Waals surface area contributed by atoms with Crippen LogP contribution in [0.2, 0.25) is 10.0 Å². The van der Waals surface area contributed by atoms with Crippen molar-refractivity contribution in [3.8, 4) is 11.8 Å². The van der Waals surface area contributed by atoms with Gasteiger partial charge in [0.15, 0.2) is 0 Å². The highest BCUT2D eigenvalue weighted by Gasteiger charge is 2.27. The zero-order chi connectivity index (χ0) is 31.7. The molecule has 6 rings (SSSR count). The monoisotopic (exact) mass is 636 g/mol. The molecule has 0 atom stereocenters. The number of likely N-dealkylation sites (N-methyl/N-ethyl adjacent to an activating group) is 1. The van der Waals surface area contributed by atoms with Crippen molar-refractivity contribution in [3.63, 3.8) is 0 Å². The van der Waals surface area contributed by atoms with Crippen LogP contribution in [-0.4, -0.2) is 28.3 Å². The molecule has 1 amide bonds. The number of ketones is 1. The molecular formula is C36H30Cl2N4O3. The lowest BCUT2D eigenvalue weighted by Gasteiger charge is -2.22. The molecule has 0 saturated heterocycles. The summed E-state index contributed by atoms with van der Waals surface area (Å²) in [5, 5.41) is 10.8. The van der Waals surface area contributed by atoms with Crippen LogP contribution in [0.25, 0.3) is 10.9 Å². The Labute approximate surface area is 271 Å². The first-order valence-electron chi connectivity index (χ1n) is 14.7. The Morgan fingerprint density at radius 1 is 1.02 bits per heavy atom. The van der Waals surface area contributed by atoms with Gasteiger partial charge >= 0.3 is 0 Å². The Kier molecular flexibility index (Phi) is 8.62. The van der Waals surface area contributed by atoms with Crippen molar-refractivity contribution in [2.24, 2.45) is 5.92 Å². The van der Waals surface area contributed by atoms with Crippen LogP contribution in [0, 0.1) is 24.2 Å². The van der Waals surface area contributed by atoms with Gasteiger partial charge in [-0.3, -0.25) is 9.59 Å². The number of anilines is 1. The first-order valence-corrected chi connectivity index (χ1v) is 15.4. The summed E-state index contributed by atoms with van der Waals surface area (Å²) in [4.78, 5) is 33.2. The Morgan fingerprint density at radius 3 is 2.53 bits per heavy atom. The number of carbonyl (C=O) groups is 2. The van der Waals surface area contributed by atoms with Crippen molar-refractivity contribution in [2.45, 2.75) is 39.3 Å². The van der Waals surface area contributed by atoms with Gasteiger partial charge in [-0.1, -0.05) is 41.4 Å². The predicted molar refractivity (Wildman–Crippen MR) is 176 cm³/mol. The summed E-state index contributed by atoms with van der Waals surface area (Å²) in [5.41, 5.74) is 4.97. The summed E-state index contributed by atoms with van der Waals surface area (Å²) in [6, 6.07) is 25.4. The number of nitriles is 1. The van der Waals surface area contributed by atoms with E-state index in [9.17, 15) is 9.59 Å². The fraction of sp³-hybridized carbons (Fsp3) is 0.222. The summed E-state index contributed by atoms with van der Waals surface area (Å²) in [5.74, 6) is 0.757. The first-order chi connectivity index (χ1) is 21.7. The van der Waals surface area contributed by atoms with Gasteiger partial charge in [-0.15, -0.1) is 0 Å². The van der Waals surface area contributed by atoms with Crippen LogP contribution >= 0.6 is 23.2 Å². The average molecular weight is 638 g/mol. The van der Waals surface area contributed by atoms with E-state index in [1.807, 2.05) is 47.9 Å². The molecule has 45 heavy (non-hydrogen) atoms. The number of aryl methyl sites for hydroxylation is 1. The van der Waals surface area contributed by atoms with Crippen LogP contribution < -0.4 is 9.64 Å². The summed E-state index contributed by atoms with van der Waals surface area (Å²) < 4.78 is 8.12. The minimum atomic E-state index is -0.188. The van der Waals surface area contributed by atoms with Gasteiger partial charge in [0, 0.05) is 46.5 Å². The summed E-state index contributed by atoms with van der Waals surface area (Å²) >= 11 is 13.4. The second-order valence-electron chi connectivity index (χ2n) is 11.3. The highest BCUT2D eigenvalue weighted by molar-refractivity contribution is 6.38. The van der Waals surface area contributed by atoms with E-state index < -0.39 is 0 Å². The van der Waals surface area contributed by atoms with Gasteiger partial charge in [-0.05, 0) is 86.3 Å². The van der Waals surface area contributed by atoms with Gasteiger partial charge in [0.05, 0.1) is 34.5 Å². The van der Waals surface area contributed by atoms with Gasteiger partial charge in [0.25, 0.3) is 0 Å². The number of rotatable bonds is 10. The molecule has 0 N–H and O–H groups in total. The molecule has 7 nitrogen and oxygen atoms in total. The number of carbonyl (C=O) groups excluding carboxylic acids is 2. The van der Waals surface area contributed by atoms with Gasteiger partial charge < -0.3 is 14.2 Å². The van der Waals surface area contributed by atoms with Crippen molar-refractivity contribution >= 4 is 51.5 Å². The number of hydrogen-bond donors (Lipinski definition) is 0. The summed E-state index contributed by atoms with van der Waals surface area (Å²) in [7, 11) is 1.68. The number of nitrogens with zero attached hydrogens (tertiary/aromatic N) is 4. The fourth-order valence-corrected chi connectivity index (χ4v) is 5.96. The predicted octanol–water partition coefficient (Wildman–Crippen LogP) is 7.95. The van der Waals surface area contributed by atoms with E-state index in [0.29, 0.717) is 56.3 Å². The van der Waals surface area contributed by atoms with E-state index >= 15 is 0 Å². The van der Waals surface area contributed by atoms with Crippen molar-refractivity contribution in [3.05, 3.63) is 123 Å². The standard InChI is InChI=1S/C36H30Cl2N4O3/c1-22-6-11-25-4-3-5-32(35(25)40-22)45-21-28-29(37)15-17-30(34(28)38)41(2)33(43)18-27-14-16-31(42(27)20-24-7-8-24)36(44)26-12-9-23(19-39)10-13-26/h3-6,9-17,24H,7-8,18,20-21H2,1-2H3. The van der Waals surface area contributed by atoms with Crippen LogP contribution in [0.4, 0.5) is 5.69 Å². The molecule has 0 unspecified atom stereocenters. The Morgan fingerprint density at radius 2 is 1.80 bits per heavy atom. The number of fused-ring (bicyclic) bond motifs is 1. The summed E-state index contributed by atoms with van der Waals surface area (Å²) in [6.07, 6.45) is 2.26. The average Bonchev–Trinajstić information content (AvgIpc) is 3.79. The molecule has 9 heteroatoms. The minimum Gasteiger partial charge on any atom is -0.487 e. The SMILES string of the molecule is Cc1ccc2cccc(OCc3c(Cl)ccc(N(C)C(=O)Cc4ccc(C(=O)c5ccc(C#N)cc5)n4CC4CC4)c3Cl)c2n1. The fourth-order valence-electron chi connectivity index (χ4n) is 5.35. The first kappa shape index (κ1) is 30.4. The normalized spacial score (nSPS) is 12.6. The molecule has 3 aromatic carbocycles.